The molecule has 0 heterocycles. The Morgan fingerprint density at radius 2 is 1.85 bits per heavy atom. The maximum atomic E-state index is 12.0. The first-order valence-corrected chi connectivity index (χ1v) is 7.51. The highest BCUT2D eigenvalue weighted by Gasteiger charge is 2.10. The van der Waals surface area contributed by atoms with Crippen LogP contribution in [0.5, 0.6) is 0 Å². The molecule has 0 unspecified atom stereocenters. The molecule has 1 amide bonds. The summed E-state index contributed by atoms with van der Waals surface area (Å²) in [7, 11) is 0. The SMILES string of the molecule is CCCN(CCC)CC(=O)Nc1ccc(CC)c(N)c1. The molecule has 0 saturated heterocycles. The molecule has 1 aromatic rings. The average Bonchev–Trinajstić information content (AvgIpc) is 2.39. The van der Waals surface area contributed by atoms with Gasteiger partial charge in [-0.25, -0.2) is 0 Å². The predicted octanol–water partition coefficient (Wildman–Crippen LogP) is 2.89. The number of nitrogens with zero attached hydrogens (tertiary/aromatic N) is 1. The normalized spacial score (nSPS) is 10.8. The number of aryl methyl sites for hydroxylation is 1. The van der Waals surface area contributed by atoms with Crippen LogP contribution in [0.4, 0.5) is 11.4 Å². The number of amides is 1. The summed E-state index contributed by atoms with van der Waals surface area (Å²) < 4.78 is 0. The Bertz CT molecular complexity index is 426. The summed E-state index contributed by atoms with van der Waals surface area (Å²) in [5.74, 6) is 0.0237. The van der Waals surface area contributed by atoms with Crippen molar-refractivity contribution in [2.45, 2.75) is 40.0 Å². The van der Waals surface area contributed by atoms with E-state index in [1.54, 1.807) is 0 Å². The lowest BCUT2D eigenvalue weighted by Gasteiger charge is -2.20. The zero-order valence-electron chi connectivity index (χ0n) is 12.9. The van der Waals surface area contributed by atoms with Gasteiger partial charge >= 0.3 is 0 Å². The molecule has 0 aromatic heterocycles. The standard InChI is InChI=1S/C16H27N3O/c1-4-9-19(10-5-2)12-16(20)18-14-8-7-13(6-3)15(17)11-14/h7-8,11H,4-6,9-10,12,17H2,1-3H3,(H,18,20). The minimum Gasteiger partial charge on any atom is -0.398 e. The van der Waals surface area contributed by atoms with Crippen molar-refractivity contribution >= 4 is 17.3 Å². The molecule has 0 saturated carbocycles. The molecule has 0 aliphatic carbocycles. The Morgan fingerprint density at radius 1 is 1.20 bits per heavy atom. The molecule has 0 aliphatic rings. The largest absolute Gasteiger partial charge is 0.398 e. The smallest absolute Gasteiger partial charge is 0.238 e. The number of benzene rings is 1. The van der Waals surface area contributed by atoms with Crippen molar-refractivity contribution in [2.24, 2.45) is 0 Å². The van der Waals surface area contributed by atoms with E-state index in [0.717, 1.165) is 49.3 Å². The lowest BCUT2D eigenvalue weighted by molar-refractivity contribution is -0.117. The summed E-state index contributed by atoms with van der Waals surface area (Å²) in [5, 5.41) is 2.92. The van der Waals surface area contributed by atoms with E-state index < -0.39 is 0 Å². The molecule has 1 rings (SSSR count). The van der Waals surface area contributed by atoms with Crippen LogP contribution in [0.15, 0.2) is 18.2 Å². The maximum absolute atomic E-state index is 12.0. The van der Waals surface area contributed by atoms with Crippen LogP contribution in [0, 0.1) is 0 Å². The second-order valence-corrected chi connectivity index (χ2v) is 5.09. The van der Waals surface area contributed by atoms with Crippen molar-refractivity contribution < 1.29 is 4.79 Å². The summed E-state index contributed by atoms with van der Waals surface area (Å²) in [6.45, 7) is 8.68. The van der Waals surface area contributed by atoms with Gasteiger partial charge in [0.2, 0.25) is 5.91 Å². The first-order valence-electron chi connectivity index (χ1n) is 7.51. The summed E-state index contributed by atoms with van der Waals surface area (Å²) in [4.78, 5) is 14.2. The van der Waals surface area contributed by atoms with Gasteiger partial charge in [0.1, 0.15) is 0 Å². The van der Waals surface area contributed by atoms with Gasteiger partial charge in [-0.3, -0.25) is 9.69 Å². The van der Waals surface area contributed by atoms with E-state index in [1.807, 2.05) is 18.2 Å². The van der Waals surface area contributed by atoms with Crippen LogP contribution in [0.1, 0.15) is 39.2 Å². The van der Waals surface area contributed by atoms with Crippen LogP contribution in [0.3, 0.4) is 0 Å². The number of carbonyl (C=O) groups excluding carboxylic acids is 1. The molecular formula is C16H27N3O. The van der Waals surface area contributed by atoms with E-state index in [2.05, 4.69) is 31.0 Å². The Hall–Kier alpha value is -1.55. The molecule has 3 N–H and O–H groups in total. The van der Waals surface area contributed by atoms with Gasteiger partial charge in [-0.2, -0.15) is 0 Å². The fourth-order valence-corrected chi connectivity index (χ4v) is 2.30. The average molecular weight is 277 g/mol. The number of nitrogen functional groups attached to an aromatic ring is 1. The summed E-state index contributed by atoms with van der Waals surface area (Å²) in [5.41, 5.74) is 8.57. The molecule has 0 aliphatic heterocycles. The third-order valence-corrected chi connectivity index (χ3v) is 3.26. The molecule has 0 spiro atoms. The lowest BCUT2D eigenvalue weighted by Crippen LogP contribution is -2.34. The second-order valence-electron chi connectivity index (χ2n) is 5.09. The van der Waals surface area contributed by atoms with Crippen molar-refractivity contribution in [3.05, 3.63) is 23.8 Å². The summed E-state index contributed by atoms with van der Waals surface area (Å²) in [6, 6.07) is 5.72. The summed E-state index contributed by atoms with van der Waals surface area (Å²) in [6.07, 6.45) is 3.03. The Morgan fingerprint density at radius 3 is 2.35 bits per heavy atom. The topological polar surface area (TPSA) is 58.4 Å². The van der Waals surface area contributed by atoms with Crippen molar-refractivity contribution in [3.8, 4) is 0 Å². The van der Waals surface area contributed by atoms with E-state index in [1.165, 1.54) is 0 Å². The first kappa shape index (κ1) is 16.5. The second kappa shape index (κ2) is 8.59. The number of hydrogen-bond acceptors (Lipinski definition) is 3. The van der Waals surface area contributed by atoms with Crippen molar-refractivity contribution in [3.63, 3.8) is 0 Å². The van der Waals surface area contributed by atoms with E-state index in [4.69, 9.17) is 5.73 Å². The molecule has 1 aromatic carbocycles. The number of nitrogens with two attached hydrogens (primary N) is 1. The van der Waals surface area contributed by atoms with Gasteiger partial charge in [-0.15, -0.1) is 0 Å². The number of rotatable bonds is 8. The van der Waals surface area contributed by atoms with E-state index in [-0.39, 0.29) is 5.91 Å². The van der Waals surface area contributed by atoms with E-state index in [9.17, 15) is 4.79 Å². The molecule has 20 heavy (non-hydrogen) atoms. The molecule has 0 fully saturated rings. The molecule has 4 heteroatoms. The Balaban J connectivity index is 2.58. The number of hydrogen-bond donors (Lipinski definition) is 2. The van der Waals surface area contributed by atoms with Crippen molar-refractivity contribution in [1.29, 1.82) is 0 Å². The minimum absolute atomic E-state index is 0.0237. The number of carbonyl (C=O) groups is 1. The van der Waals surface area contributed by atoms with Gasteiger partial charge in [0.05, 0.1) is 6.54 Å². The zero-order chi connectivity index (χ0) is 15.0. The van der Waals surface area contributed by atoms with Crippen molar-refractivity contribution in [2.75, 3.05) is 30.7 Å². The maximum Gasteiger partial charge on any atom is 0.238 e. The van der Waals surface area contributed by atoms with Crippen molar-refractivity contribution in [1.82, 2.24) is 4.90 Å². The van der Waals surface area contributed by atoms with Gasteiger partial charge in [0, 0.05) is 11.4 Å². The quantitative estimate of drug-likeness (QED) is 0.718. The third-order valence-electron chi connectivity index (χ3n) is 3.26. The van der Waals surface area contributed by atoms with Crippen LogP contribution in [0.2, 0.25) is 0 Å². The van der Waals surface area contributed by atoms with Crippen LogP contribution < -0.4 is 11.1 Å². The van der Waals surface area contributed by atoms with Crippen LogP contribution >= 0.6 is 0 Å². The Kier molecular flexibility index (Phi) is 7.09. The third kappa shape index (κ3) is 5.21. The van der Waals surface area contributed by atoms with Gasteiger partial charge < -0.3 is 11.1 Å². The fourth-order valence-electron chi connectivity index (χ4n) is 2.30. The van der Waals surface area contributed by atoms with Gasteiger partial charge in [-0.1, -0.05) is 26.8 Å². The van der Waals surface area contributed by atoms with E-state index >= 15 is 0 Å². The monoisotopic (exact) mass is 277 g/mol. The highest BCUT2D eigenvalue weighted by Crippen LogP contribution is 2.18. The zero-order valence-corrected chi connectivity index (χ0v) is 12.9. The molecule has 0 atom stereocenters. The summed E-state index contributed by atoms with van der Waals surface area (Å²) >= 11 is 0. The van der Waals surface area contributed by atoms with Gasteiger partial charge in [-0.05, 0) is 50.0 Å². The Labute approximate surface area is 122 Å². The van der Waals surface area contributed by atoms with Crippen LogP contribution in [-0.4, -0.2) is 30.4 Å². The highest BCUT2D eigenvalue weighted by atomic mass is 16.2. The van der Waals surface area contributed by atoms with Crippen LogP contribution in [-0.2, 0) is 11.2 Å². The van der Waals surface area contributed by atoms with Gasteiger partial charge in [0.15, 0.2) is 0 Å². The molecule has 112 valence electrons. The molecule has 0 radical (unpaired) electrons. The molecule has 4 nitrogen and oxygen atoms in total. The number of nitrogens with one attached hydrogen (secondary N) is 1. The minimum atomic E-state index is 0.0237. The highest BCUT2D eigenvalue weighted by molar-refractivity contribution is 5.92. The molecular weight excluding hydrogens is 250 g/mol. The van der Waals surface area contributed by atoms with Gasteiger partial charge in [0.25, 0.3) is 0 Å². The lowest BCUT2D eigenvalue weighted by atomic mass is 10.1. The number of anilines is 2. The van der Waals surface area contributed by atoms with E-state index in [0.29, 0.717) is 6.54 Å². The predicted molar refractivity (Wildman–Crippen MR) is 85.9 cm³/mol. The molecule has 0 bridgehead atoms. The fraction of sp³-hybridized carbons (Fsp3) is 0.562. The first-order chi connectivity index (χ1) is 9.60. The van der Waals surface area contributed by atoms with Crippen LogP contribution in [0.25, 0.3) is 0 Å².